The minimum absolute atomic E-state index is 0.423. The van der Waals surface area contributed by atoms with Crippen LogP contribution >= 0.6 is 22.7 Å². The van der Waals surface area contributed by atoms with E-state index in [1.165, 1.54) is 0 Å². The molecule has 19 heteroatoms. The Morgan fingerprint density at radius 1 is 0.557 bits per heavy atom. The molecule has 2 aromatic heterocycles. The van der Waals surface area contributed by atoms with E-state index in [-0.39, 0.29) is 0 Å². The highest BCUT2D eigenvalue weighted by atomic mass is 32.2. The number of nitrogens with zero attached hydrogens (tertiary/aromatic N) is 8. The molecule has 2 heterocycles. The number of likely N-dealkylation sites (N-methyl/N-ethyl adjacent to an activating group) is 2. The van der Waals surface area contributed by atoms with Gasteiger partial charge in [-0.3, -0.25) is 0 Å². The summed E-state index contributed by atoms with van der Waals surface area (Å²) in [6, 6.07) is 33.1. The maximum atomic E-state index is 10.2. The number of benzene rings is 4. The van der Waals surface area contributed by atoms with E-state index in [4.69, 9.17) is 4.74 Å². The predicted molar refractivity (Wildman–Crippen MR) is 239 cm³/mol. The number of rotatable bonds is 18. The van der Waals surface area contributed by atoms with Crippen LogP contribution in [-0.4, -0.2) is 65.3 Å². The Hall–Kier alpha value is -5.28. The molecule has 0 saturated heterocycles. The number of hydrogen-bond donors (Lipinski definition) is 0. The third kappa shape index (κ3) is 18.5. The molecule has 0 N–H and O–H groups in total. The van der Waals surface area contributed by atoms with Gasteiger partial charge in [0, 0.05) is 48.3 Å². The highest BCUT2D eigenvalue weighted by molar-refractivity contribution is 7.85. The van der Waals surface area contributed by atoms with Gasteiger partial charge in [-0.2, -0.15) is 0 Å². The van der Waals surface area contributed by atoms with Crippen molar-refractivity contribution in [3.05, 3.63) is 143 Å². The Morgan fingerprint density at radius 3 is 1.21 bits per heavy atom. The van der Waals surface area contributed by atoms with Crippen molar-refractivity contribution >= 4 is 75.9 Å². The number of anilines is 2. The van der Waals surface area contributed by atoms with Crippen LogP contribution in [-0.2, 0) is 50.6 Å². The molecule has 0 radical (unpaired) electrons. The van der Waals surface area contributed by atoms with Gasteiger partial charge < -0.3 is 23.6 Å². The van der Waals surface area contributed by atoms with Crippen LogP contribution in [0.25, 0.3) is 0 Å². The lowest BCUT2D eigenvalue weighted by Crippen LogP contribution is -2.30. The molecule has 0 fully saturated rings. The van der Waals surface area contributed by atoms with Crippen LogP contribution in [0.1, 0.15) is 25.0 Å². The summed E-state index contributed by atoms with van der Waals surface area (Å²) in [4.78, 5) is 4.61. The van der Waals surface area contributed by atoms with E-state index in [0.717, 1.165) is 59.2 Å². The van der Waals surface area contributed by atoms with Gasteiger partial charge in [0.25, 0.3) is 0 Å². The van der Waals surface area contributed by atoms with Gasteiger partial charge in [0.2, 0.25) is 0 Å². The van der Waals surface area contributed by atoms with Gasteiger partial charge in [0.1, 0.15) is 23.8 Å². The second-order valence-electron chi connectivity index (χ2n) is 13.2. The molecule has 61 heavy (non-hydrogen) atoms. The van der Waals surface area contributed by atoms with E-state index in [0.29, 0.717) is 24.3 Å². The van der Waals surface area contributed by atoms with Gasteiger partial charge >= 0.3 is 10.3 Å². The first-order valence-electron chi connectivity index (χ1n) is 19.2. The van der Waals surface area contributed by atoms with Gasteiger partial charge in [0.05, 0.1) is 69.3 Å². The molecule has 0 unspecified atom stereocenters. The monoisotopic (exact) mass is 906 g/mol. The second-order valence-corrected chi connectivity index (χ2v) is 17.7. The van der Waals surface area contributed by atoms with Crippen molar-refractivity contribution in [3.8, 4) is 0 Å². The number of aromatic nitrogens is 2. The third-order valence-electron chi connectivity index (χ3n) is 8.60. The van der Waals surface area contributed by atoms with Crippen molar-refractivity contribution in [3.63, 3.8) is 0 Å². The molecular formula is C42H50N8O7S4. The summed E-state index contributed by atoms with van der Waals surface area (Å²) in [5.41, 5.74) is 5.05. The van der Waals surface area contributed by atoms with Crippen molar-refractivity contribution in [1.82, 2.24) is 0 Å². The van der Waals surface area contributed by atoms with Crippen LogP contribution in [0.3, 0.4) is 0 Å². The predicted octanol–water partition coefficient (Wildman–Crippen LogP) is 8.12. The van der Waals surface area contributed by atoms with E-state index < -0.39 is 31.7 Å². The lowest BCUT2D eigenvalue weighted by atomic mass is 10.2. The Balaban J connectivity index is 0.000000301. The molecule has 0 aliphatic heterocycles. The topological polar surface area (TPSA) is 187 Å². The molecule has 0 aliphatic carbocycles. The molecule has 4 aromatic carbocycles. The van der Waals surface area contributed by atoms with Crippen LogP contribution in [0.15, 0.2) is 153 Å². The Kier molecular flexibility index (Phi) is 19.7. The molecule has 0 bridgehead atoms. The standard InChI is InChI=1S/C28H36N8OS2.2C7H8O3S/c1-5-35(25-11-7-23(8-12-25)29-31-27-33(3)17-21-38-27)15-19-37-20-16-36(6-2)26-13-9-24(10-14-26)30-32-28-34(4)18-22-39-28;2*8-11(9,10)6-7-4-2-1-3-5-7/h7-14,17-18,21-22H,5-6,15-16,19-20H2,1-4H3;2*1-5H,6H2,(H,8,9,10)/q+2;;/p-2. The number of hydrogen-bond acceptors (Lipinski definition) is 15. The van der Waals surface area contributed by atoms with Crippen LogP contribution in [0.5, 0.6) is 0 Å². The Morgan fingerprint density at radius 2 is 0.918 bits per heavy atom. The Labute approximate surface area is 366 Å². The fraction of sp³-hybridized carbons (Fsp3) is 0.286. The van der Waals surface area contributed by atoms with Crippen molar-refractivity contribution < 1.29 is 39.8 Å². The fourth-order valence-electron chi connectivity index (χ4n) is 5.46. The normalized spacial score (nSPS) is 11.5. The SMILES string of the molecule is CCN(CCOCCN(CC)c1ccc(N=Nc2scc[n+]2C)cc1)c1ccc(N=Nc2scc[n+]2C)cc1.O=S(=O)([O-])Cc1ccccc1.O=S(=O)([O-])Cc1ccccc1. The molecule has 6 aromatic rings. The molecule has 0 atom stereocenters. The quantitative estimate of drug-likeness (QED) is 0.0355. The van der Waals surface area contributed by atoms with E-state index in [1.807, 2.05) is 70.6 Å². The summed E-state index contributed by atoms with van der Waals surface area (Å²) >= 11 is 3.13. The smallest absolute Gasteiger partial charge is 0.408 e. The minimum atomic E-state index is -4.13. The van der Waals surface area contributed by atoms with Crippen LogP contribution in [0, 0.1) is 0 Å². The largest absolute Gasteiger partial charge is 0.748 e. The molecule has 0 amide bonds. The zero-order chi connectivity index (χ0) is 44.1. The average Bonchev–Trinajstić information content (AvgIpc) is 3.85. The van der Waals surface area contributed by atoms with Gasteiger partial charge in [-0.05, 0) is 106 Å². The number of aryl methyl sites for hydroxylation is 2. The summed E-state index contributed by atoms with van der Waals surface area (Å²) in [5, 5.41) is 23.1. The summed E-state index contributed by atoms with van der Waals surface area (Å²) in [6.07, 6.45) is 3.95. The molecule has 15 nitrogen and oxygen atoms in total. The third-order valence-corrected chi connectivity index (χ3v) is 11.6. The van der Waals surface area contributed by atoms with E-state index >= 15 is 0 Å². The lowest BCUT2D eigenvalue weighted by molar-refractivity contribution is -0.654. The molecule has 6 rings (SSSR count). The van der Waals surface area contributed by atoms with Crippen LogP contribution in [0.2, 0.25) is 0 Å². The van der Waals surface area contributed by atoms with Crippen LogP contribution in [0.4, 0.5) is 33.0 Å². The highest BCUT2D eigenvalue weighted by Crippen LogP contribution is 2.24. The second kappa shape index (κ2) is 24.8. The van der Waals surface area contributed by atoms with Crippen molar-refractivity contribution in [2.45, 2.75) is 25.4 Å². The molecular weight excluding hydrogens is 857 g/mol. The summed E-state index contributed by atoms with van der Waals surface area (Å²) < 4.78 is 71.4. The molecule has 0 spiro atoms. The van der Waals surface area contributed by atoms with Crippen LogP contribution < -0.4 is 18.9 Å². The van der Waals surface area contributed by atoms with E-state index in [2.05, 4.69) is 68.4 Å². The molecule has 0 aliphatic rings. The van der Waals surface area contributed by atoms with Gasteiger partial charge in [0.15, 0.2) is 0 Å². The van der Waals surface area contributed by atoms with E-state index in [1.54, 1.807) is 83.3 Å². The highest BCUT2D eigenvalue weighted by Gasteiger charge is 2.11. The number of azo groups is 2. The zero-order valence-corrected chi connectivity index (χ0v) is 37.7. The average molecular weight is 907 g/mol. The number of ether oxygens (including phenoxy) is 1. The summed E-state index contributed by atoms with van der Waals surface area (Å²) in [7, 11) is -4.32. The molecule has 0 saturated carbocycles. The Bertz CT molecular complexity index is 2290. The van der Waals surface area contributed by atoms with Crippen molar-refractivity contribution in [2.75, 3.05) is 49.2 Å². The maximum Gasteiger partial charge on any atom is 0.408 e. The lowest BCUT2D eigenvalue weighted by Gasteiger charge is -2.25. The fourth-order valence-corrected chi connectivity index (χ4v) is 8.02. The zero-order valence-electron chi connectivity index (χ0n) is 34.4. The molecule has 324 valence electrons. The maximum absolute atomic E-state index is 10.2. The summed E-state index contributed by atoms with van der Waals surface area (Å²) in [5.74, 6) is -0.846. The van der Waals surface area contributed by atoms with Crippen molar-refractivity contribution in [1.29, 1.82) is 0 Å². The first kappa shape index (κ1) is 48.4. The van der Waals surface area contributed by atoms with Gasteiger partial charge in [-0.1, -0.05) is 60.7 Å². The van der Waals surface area contributed by atoms with E-state index in [9.17, 15) is 25.9 Å². The van der Waals surface area contributed by atoms with Gasteiger partial charge in [-0.15, -0.1) is 0 Å². The van der Waals surface area contributed by atoms with Crippen molar-refractivity contribution in [2.24, 2.45) is 34.6 Å². The first-order valence-corrected chi connectivity index (χ1v) is 24.1. The number of thiazole rings is 2. The minimum Gasteiger partial charge on any atom is -0.748 e. The van der Waals surface area contributed by atoms with Gasteiger partial charge in [-0.25, -0.2) is 26.0 Å². The first-order chi connectivity index (χ1) is 29.2. The summed E-state index contributed by atoms with van der Waals surface area (Å²) in [6.45, 7) is 9.13.